The van der Waals surface area contributed by atoms with Gasteiger partial charge in [0.25, 0.3) is 0 Å². The summed E-state index contributed by atoms with van der Waals surface area (Å²) in [5.74, 6) is -0.944. The van der Waals surface area contributed by atoms with Crippen molar-refractivity contribution in [2.75, 3.05) is 5.73 Å². The van der Waals surface area contributed by atoms with Crippen LogP contribution in [0.3, 0.4) is 0 Å². The molecular formula is C16H15ClFNO2. The number of halogens is 2. The summed E-state index contributed by atoms with van der Waals surface area (Å²) < 4.78 is 18.3. The van der Waals surface area contributed by atoms with Crippen molar-refractivity contribution in [1.82, 2.24) is 0 Å². The lowest BCUT2D eigenvalue weighted by Crippen LogP contribution is -2.09. The average Bonchev–Trinajstić information content (AvgIpc) is 2.43. The van der Waals surface area contributed by atoms with Gasteiger partial charge >= 0.3 is 5.97 Å². The molecule has 0 aromatic heterocycles. The highest BCUT2D eigenvalue weighted by Crippen LogP contribution is 2.21. The Bertz CT molecular complexity index is 701. The predicted octanol–water partition coefficient (Wildman–Crippen LogP) is 4.04. The fraction of sp³-hybridized carbons (Fsp3) is 0.188. The van der Waals surface area contributed by atoms with Crippen molar-refractivity contribution in [2.24, 2.45) is 0 Å². The number of carbonyl (C=O) groups is 1. The second kappa shape index (κ2) is 6.14. The molecule has 0 saturated carbocycles. The number of hydrogen-bond donors (Lipinski definition) is 1. The molecule has 2 aromatic rings. The minimum absolute atomic E-state index is 0.0946. The van der Waals surface area contributed by atoms with E-state index in [1.807, 2.05) is 13.0 Å². The van der Waals surface area contributed by atoms with Gasteiger partial charge in [-0.25, -0.2) is 9.18 Å². The molecule has 5 heteroatoms. The summed E-state index contributed by atoms with van der Waals surface area (Å²) in [6.45, 7) is 3.57. The third-order valence-corrected chi connectivity index (χ3v) is 3.57. The maximum atomic E-state index is 13.1. The summed E-state index contributed by atoms with van der Waals surface area (Å²) in [6, 6.07) is 7.32. The molecule has 2 N–H and O–H groups in total. The van der Waals surface area contributed by atoms with E-state index in [1.165, 1.54) is 18.2 Å². The lowest BCUT2D eigenvalue weighted by Gasteiger charge is -2.10. The first kappa shape index (κ1) is 15.3. The SMILES string of the molecule is Cc1cc(C)c(C(=O)OCc2cc(F)ccc2Cl)cc1N. The Balaban J connectivity index is 2.15. The molecule has 0 atom stereocenters. The van der Waals surface area contributed by atoms with Gasteiger partial charge in [-0.05, 0) is 49.2 Å². The van der Waals surface area contributed by atoms with Crippen molar-refractivity contribution in [3.63, 3.8) is 0 Å². The highest BCUT2D eigenvalue weighted by Gasteiger charge is 2.13. The zero-order valence-electron chi connectivity index (χ0n) is 11.7. The summed E-state index contributed by atoms with van der Waals surface area (Å²) in [5.41, 5.74) is 8.81. The van der Waals surface area contributed by atoms with Crippen molar-refractivity contribution in [1.29, 1.82) is 0 Å². The van der Waals surface area contributed by atoms with Crippen LogP contribution in [0.15, 0.2) is 30.3 Å². The number of nitrogen functional groups attached to an aromatic ring is 1. The summed E-state index contributed by atoms with van der Waals surface area (Å²) in [4.78, 5) is 12.1. The van der Waals surface area contributed by atoms with E-state index in [-0.39, 0.29) is 6.61 Å². The van der Waals surface area contributed by atoms with Crippen molar-refractivity contribution in [3.05, 3.63) is 63.4 Å². The van der Waals surface area contributed by atoms with Crippen LogP contribution in [0.5, 0.6) is 0 Å². The molecule has 21 heavy (non-hydrogen) atoms. The first-order valence-electron chi connectivity index (χ1n) is 6.36. The van der Waals surface area contributed by atoms with E-state index >= 15 is 0 Å². The van der Waals surface area contributed by atoms with E-state index in [2.05, 4.69) is 0 Å². The summed E-state index contributed by atoms with van der Waals surface area (Å²) in [7, 11) is 0. The number of carbonyl (C=O) groups excluding carboxylic acids is 1. The second-order valence-corrected chi connectivity index (χ2v) is 5.24. The predicted molar refractivity (Wildman–Crippen MR) is 80.9 cm³/mol. The molecule has 0 spiro atoms. The van der Waals surface area contributed by atoms with Gasteiger partial charge < -0.3 is 10.5 Å². The van der Waals surface area contributed by atoms with E-state index in [1.54, 1.807) is 13.0 Å². The quantitative estimate of drug-likeness (QED) is 0.688. The fourth-order valence-electron chi connectivity index (χ4n) is 1.96. The summed E-state index contributed by atoms with van der Waals surface area (Å²) in [5, 5.41) is 0.351. The molecule has 0 aliphatic heterocycles. The Labute approximate surface area is 127 Å². The van der Waals surface area contributed by atoms with E-state index in [0.29, 0.717) is 21.8 Å². The molecule has 2 aromatic carbocycles. The molecule has 0 unspecified atom stereocenters. The molecule has 2 rings (SSSR count). The smallest absolute Gasteiger partial charge is 0.338 e. The number of esters is 1. The highest BCUT2D eigenvalue weighted by atomic mass is 35.5. The maximum absolute atomic E-state index is 13.1. The van der Waals surface area contributed by atoms with Crippen molar-refractivity contribution in [2.45, 2.75) is 20.5 Å². The Hall–Kier alpha value is -2.07. The van der Waals surface area contributed by atoms with Gasteiger partial charge in [-0.2, -0.15) is 0 Å². The lowest BCUT2D eigenvalue weighted by atomic mass is 10.0. The number of hydrogen-bond acceptors (Lipinski definition) is 3. The molecule has 0 bridgehead atoms. The van der Waals surface area contributed by atoms with Gasteiger partial charge in [0.1, 0.15) is 12.4 Å². The number of ether oxygens (including phenoxy) is 1. The van der Waals surface area contributed by atoms with E-state index < -0.39 is 11.8 Å². The monoisotopic (exact) mass is 307 g/mol. The van der Waals surface area contributed by atoms with Crippen molar-refractivity contribution >= 4 is 23.3 Å². The van der Waals surface area contributed by atoms with Gasteiger partial charge in [0.05, 0.1) is 5.56 Å². The molecule has 0 fully saturated rings. The number of anilines is 1. The fourth-order valence-corrected chi connectivity index (χ4v) is 2.14. The van der Waals surface area contributed by atoms with E-state index in [0.717, 1.165) is 11.1 Å². The van der Waals surface area contributed by atoms with Crippen LogP contribution in [0, 0.1) is 19.7 Å². The average molecular weight is 308 g/mol. The maximum Gasteiger partial charge on any atom is 0.338 e. The molecule has 0 aliphatic carbocycles. The van der Waals surface area contributed by atoms with Gasteiger partial charge in [0.15, 0.2) is 0 Å². The molecule has 0 amide bonds. The van der Waals surface area contributed by atoms with Gasteiger partial charge in [-0.15, -0.1) is 0 Å². The molecule has 0 saturated heterocycles. The molecule has 3 nitrogen and oxygen atoms in total. The topological polar surface area (TPSA) is 52.3 Å². The first-order chi connectivity index (χ1) is 9.88. The molecule has 0 heterocycles. The van der Waals surface area contributed by atoms with Crippen LogP contribution >= 0.6 is 11.6 Å². The largest absolute Gasteiger partial charge is 0.457 e. The molecule has 0 aliphatic rings. The second-order valence-electron chi connectivity index (χ2n) is 4.84. The summed E-state index contributed by atoms with van der Waals surface area (Å²) in [6.07, 6.45) is 0. The molecule has 0 radical (unpaired) electrons. The van der Waals surface area contributed by atoms with E-state index in [9.17, 15) is 9.18 Å². The minimum atomic E-state index is -0.514. The van der Waals surface area contributed by atoms with Crippen LogP contribution in [0.1, 0.15) is 27.0 Å². The van der Waals surface area contributed by atoms with Crippen LogP contribution in [0.25, 0.3) is 0 Å². The third kappa shape index (κ3) is 3.52. The third-order valence-electron chi connectivity index (χ3n) is 3.20. The van der Waals surface area contributed by atoms with E-state index in [4.69, 9.17) is 22.1 Å². The van der Waals surface area contributed by atoms with Crippen LogP contribution in [-0.2, 0) is 11.3 Å². The Morgan fingerprint density at radius 2 is 1.95 bits per heavy atom. The Morgan fingerprint density at radius 3 is 2.67 bits per heavy atom. The number of nitrogens with two attached hydrogens (primary N) is 1. The van der Waals surface area contributed by atoms with Crippen LogP contribution in [0.2, 0.25) is 5.02 Å². The van der Waals surface area contributed by atoms with Crippen molar-refractivity contribution in [3.8, 4) is 0 Å². The highest BCUT2D eigenvalue weighted by molar-refractivity contribution is 6.31. The van der Waals surface area contributed by atoms with Gasteiger partial charge in [-0.3, -0.25) is 0 Å². The van der Waals surface area contributed by atoms with Crippen molar-refractivity contribution < 1.29 is 13.9 Å². The lowest BCUT2D eigenvalue weighted by molar-refractivity contribution is 0.0471. The van der Waals surface area contributed by atoms with Gasteiger partial charge in [0, 0.05) is 16.3 Å². The van der Waals surface area contributed by atoms with Gasteiger partial charge in [0.2, 0.25) is 0 Å². The minimum Gasteiger partial charge on any atom is -0.457 e. The Morgan fingerprint density at radius 1 is 1.24 bits per heavy atom. The zero-order chi connectivity index (χ0) is 15.6. The first-order valence-corrected chi connectivity index (χ1v) is 6.74. The van der Waals surface area contributed by atoms with Gasteiger partial charge in [-0.1, -0.05) is 17.7 Å². The van der Waals surface area contributed by atoms with Crippen LogP contribution < -0.4 is 5.73 Å². The standard InChI is InChI=1S/C16H15ClFNO2/c1-9-5-10(2)15(19)7-13(9)16(20)21-8-11-6-12(18)3-4-14(11)17/h3-7H,8,19H2,1-2H3. The summed E-state index contributed by atoms with van der Waals surface area (Å²) >= 11 is 5.92. The normalized spacial score (nSPS) is 10.5. The molecular weight excluding hydrogens is 293 g/mol. The Kier molecular flexibility index (Phi) is 4.48. The van der Waals surface area contributed by atoms with Crippen LogP contribution in [-0.4, -0.2) is 5.97 Å². The molecule has 110 valence electrons. The number of aryl methyl sites for hydroxylation is 2. The number of rotatable bonds is 3. The van der Waals surface area contributed by atoms with Crippen LogP contribution in [0.4, 0.5) is 10.1 Å². The number of benzene rings is 2. The zero-order valence-corrected chi connectivity index (χ0v) is 12.5.